The predicted molar refractivity (Wildman–Crippen MR) is 104 cm³/mol. The lowest BCUT2D eigenvalue weighted by Gasteiger charge is -2.29. The number of nitrogens with one attached hydrogen (secondary N) is 3. The van der Waals surface area contributed by atoms with Gasteiger partial charge in [0, 0.05) is 31.2 Å². The number of likely N-dealkylation sites (N-methyl/N-ethyl adjacent to an activating group) is 1. The topological polar surface area (TPSA) is 110 Å². The molecule has 0 spiro atoms. The Morgan fingerprint density at radius 2 is 2.18 bits per heavy atom. The molecule has 1 amide bonds. The van der Waals surface area contributed by atoms with Crippen molar-refractivity contribution in [1.82, 2.24) is 35.1 Å². The highest BCUT2D eigenvalue weighted by molar-refractivity contribution is 6.03. The molecule has 0 aliphatic heterocycles. The highest BCUT2D eigenvalue weighted by Gasteiger charge is 2.25. The van der Waals surface area contributed by atoms with Crippen LogP contribution in [-0.4, -0.2) is 62.8 Å². The largest absolute Gasteiger partial charge is 0.377 e. The summed E-state index contributed by atoms with van der Waals surface area (Å²) in [5.41, 5.74) is 1.70. The third-order valence-corrected chi connectivity index (χ3v) is 5.06. The Bertz CT molecular complexity index is 914. The van der Waals surface area contributed by atoms with Crippen molar-refractivity contribution in [2.45, 2.75) is 37.8 Å². The van der Waals surface area contributed by atoms with Crippen molar-refractivity contribution in [3.63, 3.8) is 0 Å². The van der Waals surface area contributed by atoms with E-state index in [9.17, 15) is 4.79 Å². The number of hydrogen-bond acceptors (Lipinski definition) is 6. The van der Waals surface area contributed by atoms with Crippen molar-refractivity contribution < 1.29 is 9.53 Å². The molecule has 1 saturated carbocycles. The van der Waals surface area contributed by atoms with E-state index in [2.05, 4.69) is 30.6 Å². The first kappa shape index (κ1) is 18.6. The maximum atomic E-state index is 13.0. The molecule has 9 heteroatoms. The average molecular weight is 383 g/mol. The molecule has 9 nitrogen and oxygen atoms in total. The van der Waals surface area contributed by atoms with E-state index < -0.39 is 0 Å². The minimum atomic E-state index is -0.184. The standard InChI is InChI=1S/C19H25N7O2/c1-20-9-11-28-14-4-2-13(3-5-14)23-18(27)17-16-15(6-7-22-16)24-19(25-17)26-10-8-21-12-26/h6-8,10,12-14,20,22H,2-5,9,11H2,1H3,(H,23,27). The SMILES string of the molecule is CNCCOC1CCC(NC(=O)c2nc(-n3ccnc3)nc3cc[nH]c23)CC1. The van der Waals surface area contributed by atoms with Crippen LogP contribution < -0.4 is 10.6 Å². The van der Waals surface area contributed by atoms with Crippen molar-refractivity contribution in [1.29, 1.82) is 0 Å². The summed E-state index contributed by atoms with van der Waals surface area (Å²) in [6.45, 7) is 1.58. The zero-order chi connectivity index (χ0) is 19.3. The molecule has 0 radical (unpaired) electrons. The van der Waals surface area contributed by atoms with Gasteiger partial charge in [-0.1, -0.05) is 0 Å². The van der Waals surface area contributed by atoms with Gasteiger partial charge in [-0.05, 0) is 38.8 Å². The van der Waals surface area contributed by atoms with Crippen LogP contribution in [0, 0.1) is 0 Å². The number of carbonyl (C=O) groups is 1. The fourth-order valence-electron chi connectivity index (χ4n) is 3.55. The summed E-state index contributed by atoms with van der Waals surface area (Å²) in [6, 6.07) is 1.97. The van der Waals surface area contributed by atoms with E-state index in [1.807, 2.05) is 13.1 Å². The molecule has 1 aliphatic carbocycles. The maximum absolute atomic E-state index is 13.0. The first-order valence-electron chi connectivity index (χ1n) is 9.65. The van der Waals surface area contributed by atoms with Crippen molar-refractivity contribution in [2.75, 3.05) is 20.2 Å². The van der Waals surface area contributed by atoms with Crippen molar-refractivity contribution >= 4 is 16.9 Å². The molecule has 0 unspecified atom stereocenters. The number of H-pyrrole nitrogens is 1. The Morgan fingerprint density at radius 3 is 2.93 bits per heavy atom. The second kappa shape index (κ2) is 8.49. The van der Waals surface area contributed by atoms with Gasteiger partial charge in [-0.15, -0.1) is 0 Å². The summed E-state index contributed by atoms with van der Waals surface area (Å²) >= 11 is 0. The van der Waals surface area contributed by atoms with Gasteiger partial charge in [0.2, 0.25) is 5.95 Å². The molecular weight excluding hydrogens is 358 g/mol. The summed E-state index contributed by atoms with van der Waals surface area (Å²) in [4.78, 5) is 29.0. The molecule has 3 aromatic heterocycles. The van der Waals surface area contributed by atoms with E-state index >= 15 is 0 Å². The third-order valence-electron chi connectivity index (χ3n) is 5.06. The second-order valence-electron chi connectivity index (χ2n) is 7.00. The van der Waals surface area contributed by atoms with Crippen LogP contribution in [0.5, 0.6) is 0 Å². The highest BCUT2D eigenvalue weighted by Crippen LogP contribution is 2.22. The van der Waals surface area contributed by atoms with E-state index in [1.165, 1.54) is 0 Å². The lowest BCUT2D eigenvalue weighted by atomic mass is 9.93. The molecule has 1 aliphatic rings. The van der Waals surface area contributed by atoms with Crippen LogP contribution in [0.3, 0.4) is 0 Å². The summed E-state index contributed by atoms with van der Waals surface area (Å²) in [5.74, 6) is 0.243. The zero-order valence-electron chi connectivity index (χ0n) is 15.9. The second-order valence-corrected chi connectivity index (χ2v) is 7.00. The van der Waals surface area contributed by atoms with Gasteiger partial charge in [0.05, 0.1) is 23.7 Å². The predicted octanol–water partition coefficient (Wildman–Crippen LogP) is 1.42. The van der Waals surface area contributed by atoms with Gasteiger partial charge in [-0.25, -0.2) is 15.0 Å². The van der Waals surface area contributed by atoms with Crippen molar-refractivity contribution in [2.24, 2.45) is 0 Å². The molecule has 0 saturated heterocycles. The molecule has 1 fully saturated rings. The fourth-order valence-corrected chi connectivity index (χ4v) is 3.55. The molecular formula is C19H25N7O2. The molecule has 0 aromatic carbocycles. The average Bonchev–Trinajstić information content (AvgIpc) is 3.40. The van der Waals surface area contributed by atoms with Gasteiger partial charge in [0.15, 0.2) is 5.69 Å². The first-order valence-corrected chi connectivity index (χ1v) is 9.65. The van der Waals surface area contributed by atoms with E-state index in [0.717, 1.165) is 38.8 Å². The highest BCUT2D eigenvalue weighted by atomic mass is 16.5. The number of rotatable bonds is 7. The van der Waals surface area contributed by atoms with E-state index in [4.69, 9.17) is 4.74 Å². The van der Waals surface area contributed by atoms with Crippen molar-refractivity contribution in [3.05, 3.63) is 36.7 Å². The number of fused-ring (bicyclic) bond motifs is 1. The summed E-state index contributed by atoms with van der Waals surface area (Å²) in [5, 5.41) is 6.22. The summed E-state index contributed by atoms with van der Waals surface area (Å²) < 4.78 is 7.55. The fraction of sp³-hybridized carbons (Fsp3) is 0.474. The van der Waals surface area contributed by atoms with Gasteiger partial charge < -0.3 is 20.4 Å². The quantitative estimate of drug-likeness (QED) is 0.532. The number of aromatic amines is 1. The molecule has 3 N–H and O–H groups in total. The molecule has 3 aromatic rings. The van der Waals surface area contributed by atoms with E-state index in [-0.39, 0.29) is 18.1 Å². The van der Waals surface area contributed by atoms with Crippen LogP contribution in [0.25, 0.3) is 17.0 Å². The molecule has 148 valence electrons. The van der Waals surface area contributed by atoms with Gasteiger partial charge >= 0.3 is 0 Å². The monoisotopic (exact) mass is 383 g/mol. The summed E-state index contributed by atoms with van der Waals surface area (Å²) in [7, 11) is 1.92. The van der Waals surface area contributed by atoms with Gasteiger partial charge in [0.25, 0.3) is 5.91 Å². The Morgan fingerprint density at radius 1 is 1.32 bits per heavy atom. The third kappa shape index (κ3) is 4.05. The van der Waals surface area contributed by atoms with E-state index in [0.29, 0.717) is 22.7 Å². The Hall–Kier alpha value is -2.78. The zero-order valence-corrected chi connectivity index (χ0v) is 15.9. The molecule has 4 rings (SSSR count). The number of hydrogen-bond donors (Lipinski definition) is 3. The molecule has 3 heterocycles. The van der Waals surface area contributed by atoms with Crippen LogP contribution in [0.2, 0.25) is 0 Å². The number of imidazole rings is 1. The Labute approximate surface area is 162 Å². The minimum absolute atomic E-state index is 0.133. The smallest absolute Gasteiger partial charge is 0.272 e. The van der Waals surface area contributed by atoms with E-state index in [1.54, 1.807) is 29.5 Å². The number of carbonyl (C=O) groups excluding carboxylic acids is 1. The lowest BCUT2D eigenvalue weighted by molar-refractivity contribution is 0.0246. The summed E-state index contributed by atoms with van der Waals surface area (Å²) in [6.07, 6.45) is 10.8. The molecule has 28 heavy (non-hydrogen) atoms. The Kier molecular flexibility index (Phi) is 5.63. The van der Waals surface area contributed by atoms with Crippen molar-refractivity contribution in [3.8, 4) is 5.95 Å². The normalized spacial score (nSPS) is 19.8. The Balaban J connectivity index is 1.44. The lowest BCUT2D eigenvalue weighted by Crippen LogP contribution is -2.40. The van der Waals surface area contributed by atoms with Crippen LogP contribution in [0.15, 0.2) is 31.0 Å². The van der Waals surface area contributed by atoms with Crippen LogP contribution in [0.4, 0.5) is 0 Å². The van der Waals surface area contributed by atoms with Crippen LogP contribution in [-0.2, 0) is 4.74 Å². The number of amides is 1. The van der Waals surface area contributed by atoms with Gasteiger partial charge in [0.1, 0.15) is 6.33 Å². The van der Waals surface area contributed by atoms with Gasteiger partial charge in [-0.2, -0.15) is 0 Å². The first-order chi connectivity index (χ1) is 13.7. The van der Waals surface area contributed by atoms with Crippen LogP contribution >= 0.6 is 0 Å². The van der Waals surface area contributed by atoms with Crippen LogP contribution in [0.1, 0.15) is 36.2 Å². The molecule has 0 bridgehead atoms. The minimum Gasteiger partial charge on any atom is -0.377 e. The number of nitrogens with zero attached hydrogens (tertiary/aromatic N) is 4. The number of ether oxygens (including phenoxy) is 1. The number of aromatic nitrogens is 5. The maximum Gasteiger partial charge on any atom is 0.272 e. The van der Waals surface area contributed by atoms with Gasteiger partial charge in [-0.3, -0.25) is 9.36 Å². The molecule has 0 atom stereocenters.